The van der Waals surface area contributed by atoms with E-state index in [2.05, 4.69) is 53.1 Å². The summed E-state index contributed by atoms with van der Waals surface area (Å²) in [6, 6.07) is 18.2. The van der Waals surface area contributed by atoms with Crippen LogP contribution in [0.4, 0.5) is 5.69 Å². The minimum absolute atomic E-state index is 0. The summed E-state index contributed by atoms with van der Waals surface area (Å²) in [5.74, 6) is 0.795. The Morgan fingerprint density at radius 2 is 1.76 bits per heavy atom. The molecule has 0 fully saturated rings. The van der Waals surface area contributed by atoms with Crippen molar-refractivity contribution in [3.8, 4) is 5.69 Å². The molecule has 8 heteroatoms. The van der Waals surface area contributed by atoms with Crippen LogP contribution in [0.5, 0.6) is 0 Å². The van der Waals surface area contributed by atoms with Crippen LogP contribution in [0.25, 0.3) is 5.69 Å². The number of nitrogens with zero attached hydrogens (tertiary/aromatic N) is 3. The van der Waals surface area contributed by atoms with Gasteiger partial charge in [-0.05, 0) is 62.6 Å². The van der Waals surface area contributed by atoms with E-state index >= 15 is 0 Å². The van der Waals surface area contributed by atoms with E-state index < -0.39 is 0 Å². The highest BCUT2D eigenvalue weighted by molar-refractivity contribution is 14.0. The zero-order chi connectivity index (χ0) is 23.6. The maximum Gasteiger partial charge on any atom is 0.224 e. The average Bonchev–Trinajstić information content (AvgIpc) is 3.14. The number of carbonyl (C=O) groups is 1. The van der Waals surface area contributed by atoms with E-state index in [1.54, 1.807) is 0 Å². The Kier molecular flexibility index (Phi) is 11.1. The summed E-state index contributed by atoms with van der Waals surface area (Å²) in [6.07, 6.45) is 1.37. The molecule has 0 radical (unpaired) electrons. The van der Waals surface area contributed by atoms with Gasteiger partial charge in [0, 0.05) is 30.9 Å². The van der Waals surface area contributed by atoms with Gasteiger partial charge in [0.2, 0.25) is 5.91 Å². The van der Waals surface area contributed by atoms with Gasteiger partial charge in [-0.2, -0.15) is 5.10 Å². The molecule has 0 aliphatic rings. The Labute approximate surface area is 219 Å². The summed E-state index contributed by atoms with van der Waals surface area (Å²) >= 11 is 0. The molecule has 0 bridgehead atoms. The predicted molar refractivity (Wildman–Crippen MR) is 150 cm³/mol. The lowest BCUT2D eigenvalue weighted by Gasteiger charge is -2.15. The maximum atomic E-state index is 11.8. The number of hydrogen-bond donors (Lipinski definition) is 3. The number of aromatic nitrogens is 2. The second kappa shape index (κ2) is 13.7. The van der Waals surface area contributed by atoms with Gasteiger partial charge in [0.05, 0.1) is 17.9 Å². The van der Waals surface area contributed by atoms with Crippen molar-refractivity contribution >= 4 is 41.5 Å². The van der Waals surface area contributed by atoms with E-state index in [0.717, 1.165) is 52.8 Å². The summed E-state index contributed by atoms with van der Waals surface area (Å²) in [5, 5.41) is 14.3. The molecule has 3 N–H and O–H groups in total. The SMILES string of the molecule is CCCC(=O)Nc1ccc(CN=C(NCC)NCc2ccccc2-n2nc(C)cc2C)cc1.I. The molecule has 34 heavy (non-hydrogen) atoms. The molecular weight excluding hydrogens is 539 g/mol. The fourth-order valence-electron chi connectivity index (χ4n) is 3.57. The second-order valence-electron chi connectivity index (χ2n) is 8.01. The topological polar surface area (TPSA) is 83.3 Å². The zero-order valence-electron chi connectivity index (χ0n) is 20.4. The molecule has 1 heterocycles. The molecule has 7 nitrogen and oxygen atoms in total. The van der Waals surface area contributed by atoms with Crippen molar-refractivity contribution in [1.29, 1.82) is 0 Å². The number of guanidine groups is 1. The van der Waals surface area contributed by atoms with Crippen molar-refractivity contribution in [3.05, 3.63) is 77.1 Å². The number of rotatable bonds is 9. The van der Waals surface area contributed by atoms with E-state index in [1.165, 1.54) is 0 Å². The molecule has 182 valence electrons. The Balaban J connectivity index is 0.00000408. The molecule has 1 aromatic heterocycles. The fourth-order valence-corrected chi connectivity index (χ4v) is 3.57. The molecular formula is C26H35IN6O. The first-order valence-corrected chi connectivity index (χ1v) is 11.5. The van der Waals surface area contributed by atoms with Gasteiger partial charge in [-0.3, -0.25) is 4.79 Å². The summed E-state index contributed by atoms with van der Waals surface area (Å²) in [4.78, 5) is 16.5. The Hall–Kier alpha value is -2.88. The van der Waals surface area contributed by atoms with Gasteiger partial charge in [0.1, 0.15) is 0 Å². The third kappa shape index (κ3) is 7.86. The van der Waals surface area contributed by atoms with Crippen LogP contribution in [0.2, 0.25) is 0 Å². The zero-order valence-corrected chi connectivity index (χ0v) is 22.7. The minimum Gasteiger partial charge on any atom is -0.357 e. The highest BCUT2D eigenvalue weighted by Crippen LogP contribution is 2.17. The first kappa shape index (κ1) is 27.4. The summed E-state index contributed by atoms with van der Waals surface area (Å²) in [6.45, 7) is 10.1. The van der Waals surface area contributed by atoms with Crippen LogP contribution in [0, 0.1) is 13.8 Å². The average molecular weight is 575 g/mol. The van der Waals surface area contributed by atoms with Crippen LogP contribution in [0.15, 0.2) is 59.6 Å². The monoisotopic (exact) mass is 574 g/mol. The van der Waals surface area contributed by atoms with Gasteiger partial charge >= 0.3 is 0 Å². The molecule has 0 unspecified atom stereocenters. The molecule has 3 aromatic rings. The molecule has 0 aliphatic carbocycles. The second-order valence-corrected chi connectivity index (χ2v) is 8.01. The molecule has 2 aromatic carbocycles. The van der Waals surface area contributed by atoms with Crippen molar-refractivity contribution < 1.29 is 4.79 Å². The molecule has 1 amide bonds. The molecule has 0 aliphatic heterocycles. The number of amides is 1. The van der Waals surface area contributed by atoms with Crippen LogP contribution >= 0.6 is 24.0 Å². The number of hydrogen-bond acceptors (Lipinski definition) is 3. The van der Waals surface area contributed by atoms with Crippen LogP contribution in [-0.2, 0) is 17.9 Å². The smallest absolute Gasteiger partial charge is 0.224 e. The first-order chi connectivity index (χ1) is 16.0. The predicted octanol–water partition coefficient (Wildman–Crippen LogP) is 5.10. The van der Waals surface area contributed by atoms with Crippen molar-refractivity contribution in [3.63, 3.8) is 0 Å². The molecule has 0 saturated carbocycles. The Morgan fingerprint density at radius 1 is 1.03 bits per heavy atom. The number of halogens is 1. The van der Waals surface area contributed by atoms with Crippen molar-refractivity contribution in [2.75, 3.05) is 11.9 Å². The highest BCUT2D eigenvalue weighted by atomic mass is 127. The number of benzene rings is 2. The molecule has 3 rings (SSSR count). The number of aliphatic imine (C=N–C) groups is 1. The molecule has 0 saturated heterocycles. The number of aryl methyl sites for hydroxylation is 2. The van der Waals surface area contributed by atoms with Crippen molar-refractivity contribution in [2.45, 2.75) is 53.6 Å². The molecule has 0 spiro atoms. The maximum absolute atomic E-state index is 11.8. The van der Waals surface area contributed by atoms with Gasteiger partial charge in [-0.25, -0.2) is 9.67 Å². The Morgan fingerprint density at radius 3 is 2.41 bits per heavy atom. The van der Waals surface area contributed by atoms with E-state index in [9.17, 15) is 4.79 Å². The largest absolute Gasteiger partial charge is 0.357 e. The van der Waals surface area contributed by atoms with Crippen LogP contribution in [0.1, 0.15) is 49.2 Å². The van der Waals surface area contributed by atoms with E-state index in [1.807, 2.05) is 54.9 Å². The Bertz CT molecular complexity index is 1090. The number of para-hydroxylation sites is 1. The first-order valence-electron chi connectivity index (χ1n) is 11.5. The minimum atomic E-state index is 0. The lowest BCUT2D eigenvalue weighted by molar-refractivity contribution is -0.116. The van der Waals surface area contributed by atoms with Gasteiger partial charge in [0.25, 0.3) is 0 Å². The van der Waals surface area contributed by atoms with Crippen molar-refractivity contribution in [2.24, 2.45) is 4.99 Å². The lowest BCUT2D eigenvalue weighted by Crippen LogP contribution is -2.37. The number of nitrogens with one attached hydrogen (secondary N) is 3. The van der Waals surface area contributed by atoms with E-state index in [0.29, 0.717) is 19.5 Å². The summed E-state index contributed by atoms with van der Waals surface area (Å²) in [5.41, 5.74) is 6.19. The van der Waals surface area contributed by atoms with Crippen LogP contribution in [-0.4, -0.2) is 28.2 Å². The van der Waals surface area contributed by atoms with Gasteiger partial charge in [-0.1, -0.05) is 37.3 Å². The van der Waals surface area contributed by atoms with Gasteiger partial charge < -0.3 is 16.0 Å². The number of anilines is 1. The normalized spacial score (nSPS) is 11.0. The lowest BCUT2D eigenvalue weighted by atomic mass is 10.1. The molecule has 0 atom stereocenters. The van der Waals surface area contributed by atoms with E-state index in [-0.39, 0.29) is 29.9 Å². The third-order valence-corrected chi connectivity index (χ3v) is 5.15. The van der Waals surface area contributed by atoms with Crippen LogP contribution < -0.4 is 16.0 Å². The third-order valence-electron chi connectivity index (χ3n) is 5.15. The number of carbonyl (C=O) groups excluding carboxylic acids is 1. The fraction of sp³-hybridized carbons (Fsp3) is 0.346. The summed E-state index contributed by atoms with van der Waals surface area (Å²) < 4.78 is 1.98. The van der Waals surface area contributed by atoms with Gasteiger partial charge in [0.15, 0.2) is 5.96 Å². The van der Waals surface area contributed by atoms with E-state index in [4.69, 9.17) is 4.99 Å². The van der Waals surface area contributed by atoms with Crippen molar-refractivity contribution in [1.82, 2.24) is 20.4 Å². The summed E-state index contributed by atoms with van der Waals surface area (Å²) in [7, 11) is 0. The standard InChI is InChI=1S/C26H34N6O.HI/c1-5-9-25(33)30-23-14-12-21(13-15-23)17-28-26(27-6-2)29-18-22-10-7-8-11-24(22)32-20(4)16-19(3)31-32;/h7-8,10-16H,5-6,9,17-18H2,1-4H3,(H,30,33)(H2,27,28,29);1H. The van der Waals surface area contributed by atoms with Gasteiger partial charge in [-0.15, -0.1) is 24.0 Å². The van der Waals surface area contributed by atoms with Crippen LogP contribution in [0.3, 0.4) is 0 Å². The highest BCUT2D eigenvalue weighted by Gasteiger charge is 2.09. The quantitative estimate of drug-likeness (QED) is 0.189.